The van der Waals surface area contributed by atoms with Gasteiger partial charge in [0.25, 0.3) is 0 Å². The number of methoxy groups -OCH3 is 1. The lowest BCUT2D eigenvalue weighted by molar-refractivity contribution is -0.230. The second-order valence-corrected chi connectivity index (χ2v) is 5.24. The predicted octanol–water partition coefficient (Wildman–Crippen LogP) is 3.29. The van der Waals surface area contributed by atoms with Crippen LogP contribution in [0.25, 0.3) is 0 Å². The number of hydrogen-bond acceptors (Lipinski definition) is 5. The topological polar surface area (TPSA) is 54.0 Å². The zero-order valence-corrected chi connectivity index (χ0v) is 12.0. The van der Waals surface area contributed by atoms with Crippen LogP contribution in [0.4, 0.5) is 4.79 Å². The third kappa shape index (κ3) is 3.49. The normalized spacial score (nSPS) is 26.1. The standard InChI is InChI=1S/C15H20O5/c1-4-15(2)9-18-13(19-10-15)11-5-7-12(8-6-11)20-14(16)17-3/h5-8,13H,4,9-10H2,1-3H3. The summed E-state index contributed by atoms with van der Waals surface area (Å²) in [4.78, 5) is 11.0. The quantitative estimate of drug-likeness (QED) is 0.628. The average Bonchev–Trinajstić information content (AvgIpc) is 2.49. The largest absolute Gasteiger partial charge is 0.513 e. The fraction of sp³-hybridized carbons (Fsp3) is 0.533. The van der Waals surface area contributed by atoms with E-state index in [1.807, 2.05) is 12.1 Å². The molecular weight excluding hydrogens is 260 g/mol. The van der Waals surface area contributed by atoms with Crippen LogP contribution in [0.3, 0.4) is 0 Å². The zero-order valence-electron chi connectivity index (χ0n) is 12.0. The van der Waals surface area contributed by atoms with Gasteiger partial charge in [0.2, 0.25) is 0 Å². The summed E-state index contributed by atoms with van der Waals surface area (Å²) in [6.07, 6.45) is -0.0746. The van der Waals surface area contributed by atoms with E-state index in [0.717, 1.165) is 12.0 Å². The molecule has 5 heteroatoms. The summed E-state index contributed by atoms with van der Waals surface area (Å²) in [5.74, 6) is 0.426. The molecule has 0 radical (unpaired) electrons. The maximum Gasteiger partial charge on any atom is 0.513 e. The lowest BCUT2D eigenvalue weighted by Gasteiger charge is -2.36. The number of carbonyl (C=O) groups is 1. The molecule has 20 heavy (non-hydrogen) atoms. The highest BCUT2D eigenvalue weighted by Crippen LogP contribution is 2.33. The average molecular weight is 280 g/mol. The van der Waals surface area contributed by atoms with Crippen molar-refractivity contribution in [1.82, 2.24) is 0 Å². The van der Waals surface area contributed by atoms with Crippen LogP contribution in [0, 0.1) is 5.41 Å². The van der Waals surface area contributed by atoms with E-state index in [2.05, 4.69) is 18.6 Å². The Balaban J connectivity index is 1.96. The van der Waals surface area contributed by atoms with E-state index in [9.17, 15) is 4.79 Å². The molecule has 1 aliphatic heterocycles. The van der Waals surface area contributed by atoms with Gasteiger partial charge in [-0.05, 0) is 18.6 Å². The molecule has 1 saturated heterocycles. The molecule has 0 aromatic heterocycles. The van der Waals surface area contributed by atoms with E-state index < -0.39 is 6.16 Å². The van der Waals surface area contributed by atoms with Crippen molar-refractivity contribution in [2.24, 2.45) is 5.41 Å². The first-order chi connectivity index (χ1) is 9.56. The summed E-state index contributed by atoms with van der Waals surface area (Å²) in [5.41, 5.74) is 0.991. The molecule has 5 nitrogen and oxygen atoms in total. The van der Waals surface area contributed by atoms with Gasteiger partial charge in [0, 0.05) is 11.0 Å². The Morgan fingerprint density at radius 2 is 1.90 bits per heavy atom. The maximum absolute atomic E-state index is 11.0. The molecule has 0 amide bonds. The molecule has 0 unspecified atom stereocenters. The molecule has 1 aromatic carbocycles. The van der Waals surface area contributed by atoms with Crippen molar-refractivity contribution in [2.75, 3.05) is 20.3 Å². The van der Waals surface area contributed by atoms with Crippen LogP contribution in [-0.4, -0.2) is 26.5 Å². The fourth-order valence-corrected chi connectivity index (χ4v) is 1.87. The molecule has 0 aliphatic carbocycles. The molecule has 2 rings (SSSR count). The van der Waals surface area contributed by atoms with Gasteiger partial charge in [-0.1, -0.05) is 26.0 Å². The maximum atomic E-state index is 11.0. The van der Waals surface area contributed by atoms with Crippen LogP contribution >= 0.6 is 0 Å². The molecule has 0 bridgehead atoms. The molecule has 0 N–H and O–H groups in total. The number of rotatable bonds is 3. The van der Waals surface area contributed by atoms with Crippen LogP contribution in [-0.2, 0) is 14.2 Å². The minimum Gasteiger partial charge on any atom is -0.437 e. The lowest BCUT2D eigenvalue weighted by atomic mass is 9.89. The molecule has 1 fully saturated rings. The zero-order chi connectivity index (χ0) is 14.6. The highest BCUT2D eigenvalue weighted by atomic mass is 16.7. The third-order valence-corrected chi connectivity index (χ3v) is 3.54. The van der Waals surface area contributed by atoms with Gasteiger partial charge in [-0.15, -0.1) is 0 Å². The molecule has 1 heterocycles. The number of carbonyl (C=O) groups excluding carboxylic acids is 1. The molecule has 1 aliphatic rings. The van der Waals surface area contributed by atoms with E-state index in [1.54, 1.807) is 12.1 Å². The van der Waals surface area contributed by atoms with Gasteiger partial charge < -0.3 is 18.9 Å². The molecule has 1 aromatic rings. The highest BCUT2D eigenvalue weighted by molar-refractivity contribution is 5.63. The van der Waals surface area contributed by atoms with E-state index in [4.69, 9.17) is 14.2 Å². The minimum atomic E-state index is -0.735. The van der Waals surface area contributed by atoms with Gasteiger partial charge in [0.1, 0.15) is 5.75 Å². The highest BCUT2D eigenvalue weighted by Gasteiger charge is 2.31. The predicted molar refractivity (Wildman–Crippen MR) is 72.5 cm³/mol. The second kappa shape index (κ2) is 6.24. The van der Waals surface area contributed by atoms with Crippen LogP contribution < -0.4 is 4.74 Å². The van der Waals surface area contributed by atoms with E-state index in [0.29, 0.717) is 19.0 Å². The lowest BCUT2D eigenvalue weighted by Crippen LogP contribution is -2.35. The van der Waals surface area contributed by atoms with Crippen molar-refractivity contribution in [2.45, 2.75) is 26.6 Å². The Hall–Kier alpha value is -1.59. The van der Waals surface area contributed by atoms with Gasteiger partial charge in [-0.2, -0.15) is 0 Å². The smallest absolute Gasteiger partial charge is 0.437 e. The van der Waals surface area contributed by atoms with Crippen LogP contribution in [0.1, 0.15) is 32.1 Å². The molecule has 0 saturated carbocycles. The summed E-state index contributed by atoms with van der Waals surface area (Å²) in [6.45, 7) is 5.63. The molecule has 110 valence electrons. The van der Waals surface area contributed by atoms with E-state index in [-0.39, 0.29) is 11.7 Å². The molecule has 0 atom stereocenters. The number of hydrogen-bond donors (Lipinski definition) is 0. The van der Waals surface area contributed by atoms with Gasteiger partial charge in [0.15, 0.2) is 6.29 Å². The van der Waals surface area contributed by atoms with Crippen molar-refractivity contribution >= 4 is 6.16 Å². The summed E-state index contributed by atoms with van der Waals surface area (Å²) < 4.78 is 20.9. The van der Waals surface area contributed by atoms with Crippen molar-refractivity contribution < 1.29 is 23.7 Å². The first-order valence-corrected chi connectivity index (χ1v) is 6.65. The third-order valence-electron chi connectivity index (χ3n) is 3.54. The van der Waals surface area contributed by atoms with Crippen molar-refractivity contribution in [3.05, 3.63) is 29.8 Å². The van der Waals surface area contributed by atoms with Gasteiger partial charge >= 0.3 is 6.16 Å². The first kappa shape index (κ1) is 14.8. The Morgan fingerprint density at radius 1 is 1.30 bits per heavy atom. The Morgan fingerprint density at radius 3 is 2.40 bits per heavy atom. The Kier molecular flexibility index (Phi) is 4.62. The summed E-state index contributed by atoms with van der Waals surface area (Å²) in [7, 11) is 1.27. The number of ether oxygens (including phenoxy) is 4. The second-order valence-electron chi connectivity index (χ2n) is 5.24. The monoisotopic (exact) mass is 280 g/mol. The first-order valence-electron chi connectivity index (χ1n) is 6.65. The van der Waals surface area contributed by atoms with Crippen molar-refractivity contribution in [1.29, 1.82) is 0 Å². The van der Waals surface area contributed by atoms with Crippen molar-refractivity contribution in [3.8, 4) is 5.75 Å². The van der Waals surface area contributed by atoms with Crippen LogP contribution in [0.5, 0.6) is 5.75 Å². The van der Waals surface area contributed by atoms with Crippen LogP contribution in [0.2, 0.25) is 0 Å². The Labute approximate surface area is 118 Å². The minimum absolute atomic E-state index is 0.0877. The van der Waals surface area contributed by atoms with Crippen LogP contribution in [0.15, 0.2) is 24.3 Å². The van der Waals surface area contributed by atoms with Crippen molar-refractivity contribution in [3.63, 3.8) is 0 Å². The van der Waals surface area contributed by atoms with Gasteiger partial charge in [0.05, 0.1) is 20.3 Å². The SMILES string of the molecule is CCC1(C)COC(c2ccc(OC(=O)OC)cc2)OC1. The van der Waals surface area contributed by atoms with E-state index >= 15 is 0 Å². The fourth-order valence-electron chi connectivity index (χ4n) is 1.87. The van der Waals surface area contributed by atoms with Gasteiger partial charge in [-0.25, -0.2) is 4.79 Å². The summed E-state index contributed by atoms with van der Waals surface area (Å²) in [5, 5.41) is 0. The Bertz CT molecular complexity index is 446. The van der Waals surface area contributed by atoms with E-state index in [1.165, 1.54) is 7.11 Å². The molecule has 0 spiro atoms. The van der Waals surface area contributed by atoms with Gasteiger partial charge in [-0.3, -0.25) is 0 Å². The summed E-state index contributed by atoms with van der Waals surface area (Å²) in [6, 6.07) is 7.01. The summed E-state index contributed by atoms with van der Waals surface area (Å²) >= 11 is 0. The molecular formula is C15H20O5. The number of benzene rings is 1.